The third-order valence-electron chi connectivity index (χ3n) is 5.74. The molecule has 1 aromatic carbocycles. The van der Waals surface area contributed by atoms with Crippen molar-refractivity contribution < 1.29 is 9.59 Å². The maximum Gasteiger partial charge on any atom is 0.221 e. The summed E-state index contributed by atoms with van der Waals surface area (Å²) in [6, 6.07) is 8.34. The van der Waals surface area contributed by atoms with Gasteiger partial charge >= 0.3 is 0 Å². The second-order valence-corrected chi connectivity index (χ2v) is 7.97. The molecule has 2 amide bonds. The molecule has 6 nitrogen and oxygen atoms in total. The van der Waals surface area contributed by atoms with Crippen LogP contribution in [0.5, 0.6) is 0 Å². The molecule has 0 aromatic heterocycles. The van der Waals surface area contributed by atoms with Crippen LogP contribution in [0, 0.1) is 11.8 Å². The zero-order valence-electron chi connectivity index (χ0n) is 16.9. The van der Waals surface area contributed by atoms with Crippen LogP contribution < -0.4 is 16.4 Å². The van der Waals surface area contributed by atoms with E-state index >= 15 is 0 Å². The van der Waals surface area contributed by atoms with Crippen molar-refractivity contribution in [1.29, 1.82) is 0 Å². The molecule has 1 aromatic rings. The molecule has 2 atom stereocenters. The van der Waals surface area contributed by atoms with E-state index in [-0.39, 0.29) is 42.5 Å². The number of nitrogens with one attached hydrogen (secondary N) is 2. The molecular weight excluding hydrogens is 411 g/mol. The average Bonchev–Trinajstić information content (AvgIpc) is 3.19. The van der Waals surface area contributed by atoms with E-state index in [4.69, 9.17) is 5.73 Å². The van der Waals surface area contributed by atoms with Crippen molar-refractivity contribution in [1.82, 2.24) is 15.5 Å². The first kappa shape index (κ1) is 25.7. The molecule has 8 heteroatoms. The van der Waals surface area contributed by atoms with Crippen LogP contribution >= 0.6 is 24.8 Å². The second-order valence-electron chi connectivity index (χ2n) is 7.97. The van der Waals surface area contributed by atoms with Gasteiger partial charge in [-0.15, -0.1) is 24.8 Å². The molecule has 2 heterocycles. The van der Waals surface area contributed by atoms with Crippen LogP contribution in [0.2, 0.25) is 0 Å². The molecule has 0 bridgehead atoms. The summed E-state index contributed by atoms with van der Waals surface area (Å²) in [5.74, 6) is 0.557. The van der Waals surface area contributed by atoms with Crippen LogP contribution in [-0.4, -0.2) is 42.9 Å². The molecule has 2 saturated heterocycles. The summed E-state index contributed by atoms with van der Waals surface area (Å²) in [5, 5.41) is 6.38. The van der Waals surface area contributed by atoms with Gasteiger partial charge < -0.3 is 16.4 Å². The Balaban J connectivity index is 0.00000210. The highest BCUT2D eigenvalue weighted by Crippen LogP contribution is 2.19. The minimum atomic E-state index is -0.190. The Morgan fingerprint density at radius 1 is 1.21 bits per heavy atom. The third-order valence-corrected chi connectivity index (χ3v) is 5.74. The van der Waals surface area contributed by atoms with Gasteiger partial charge in [0.15, 0.2) is 0 Å². The van der Waals surface area contributed by atoms with Crippen LogP contribution in [0.1, 0.15) is 43.2 Å². The molecule has 2 aliphatic rings. The fourth-order valence-electron chi connectivity index (χ4n) is 4.11. The highest BCUT2D eigenvalue weighted by Gasteiger charge is 2.23. The van der Waals surface area contributed by atoms with Gasteiger partial charge in [0, 0.05) is 26.1 Å². The Bertz CT molecular complexity index is 653. The monoisotopic (exact) mass is 444 g/mol. The topological polar surface area (TPSA) is 87.5 Å². The number of rotatable bonds is 8. The second kappa shape index (κ2) is 13.1. The fourth-order valence-corrected chi connectivity index (χ4v) is 4.11. The number of carbonyl (C=O) groups excluding carboxylic acids is 2. The van der Waals surface area contributed by atoms with Crippen molar-refractivity contribution in [2.45, 2.75) is 45.2 Å². The third kappa shape index (κ3) is 8.51. The number of amides is 2. The van der Waals surface area contributed by atoms with Crippen LogP contribution in [0.4, 0.5) is 0 Å². The van der Waals surface area contributed by atoms with E-state index in [0.717, 1.165) is 57.5 Å². The summed E-state index contributed by atoms with van der Waals surface area (Å²) in [5.41, 5.74) is 7.80. The van der Waals surface area contributed by atoms with Gasteiger partial charge in [0.2, 0.25) is 11.8 Å². The zero-order chi connectivity index (χ0) is 19.1. The first-order chi connectivity index (χ1) is 13.1. The predicted octanol–water partition coefficient (Wildman–Crippen LogP) is 2.23. The molecule has 0 radical (unpaired) electrons. The lowest BCUT2D eigenvalue weighted by molar-refractivity contribution is -0.123. The van der Waals surface area contributed by atoms with Gasteiger partial charge in [-0.2, -0.15) is 0 Å². The standard InChI is InChI=1S/C21H32N4O2.2ClH/c22-21(27)19-5-2-10-25(15-19)14-18-4-1-3-17(11-18)13-24-20(26)7-6-16-8-9-23-12-16;;/h1,3-4,11,16,19,23H,2,5-10,12-15H2,(H2,22,27)(H,24,26);2*1H. The van der Waals surface area contributed by atoms with Gasteiger partial charge in [-0.1, -0.05) is 24.3 Å². The van der Waals surface area contributed by atoms with E-state index in [1.807, 2.05) is 12.1 Å². The van der Waals surface area contributed by atoms with Crippen molar-refractivity contribution in [2.75, 3.05) is 26.2 Å². The molecule has 29 heavy (non-hydrogen) atoms. The summed E-state index contributed by atoms with van der Waals surface area (Å²) in [7, 11) is 0. The van der Waals surface area contributed by atoms with Crippen molar-refractivity contribution in [3.8, 4) is 0 Å². The van der Waals surface area contributed by atoms with E-state index in [1.54, 1.807) is 0 Å². The first-order valence-corrected chi connectivity index (χ1v) is 10.2. The maximum absolute atomic E-state index is 12.1. The van der Waals surface area contributed by atoms with Crippen molar-refractivity contribution >= 4 is 36.6 Å². The molecule has 3 rings (SSSR count). The number of halogens is 2. The quantitative estimate of drug-likeness (QED) is 0.573. The molecule has 164 valence electrons. The van der Waals surface area contributed by atoms with Gasteiger partial charge in [-0.05, 0) is 62.4 Å². The van der Waals surface area contributed by atoms with Crippen LogP contribution in [0.25, 0.3) is 0 Å². The molecule has 2 fully saturated rings. The Hall–Kier alpha value is -1.34. The SMILES string of the molecule is Cl.Cl.NC(=O)C1CCCN(Cc2cccc(CNC(=O)CCC3CCNC3)c2)C1. The van der Waals surface area contributed by atoms with E-state index in [0.29, 0.717) is 18.9 Å². The molecule has 0 aliphatic carbocycles. The Labute approximate surface area is 186 Å². The summed E-state index contributed by atoms with van der Waals surface area (Å²) in [4.78, 5) is 25.8. The number of likely N-dealkylation sites (tertiary alicyclic amines) is 1. The van der Waals surface area contributed by atoms with E-state index in [2.05, 4.69) is 27.7 Å². The number of nitrogens with zero attached hydrogens (tertiary/aromatic N) is 1. The summed E-state index contributed by atoms with van der Waals surface area (Å²) in [6.07, 6.45) is 4.67. The first-order valence-electron chi connectivity index (χ1n) is 10.2. The minimum Gasteiger partial charge on any atom is -0.369 e. The summed E-state index contributed by atoms with van der Waals surface area (Å²) in [6.45, 7) is 5.26. The highest BCUT2D eigenvalue weighted by atomic mass is 35.5. The highest BCUT2D eigenvalue weighted by molar-refractivity contribution is 5.85. The van der Waals surface area contributed by atoms with Gasteiger partial charge in [-0.3, -0.25) is 14.5 Å². The van der Waals surface area contributed by atoms with Gasteiger partial charge in [0.1, 0.15) is 0 Å². The average molecular weight is 445 g/mol. The molecule has 0 saturated carbocycles. The number of primary amides is 1. The van der Waals surface area contributed by atoms with Crippen molar-refractivity contribution in [2.24, 2.45) is 17.6 Å². The van der Waals surface area contributed by atoms with Crippen molar-refractivity contribution in [3.63, 3.8) is 0 Å². The largest absolute Gasteiger partial charge is 0.369 e. The van der Waals surface area contributed by atoms with E-state index < -0.39 is 0 Å². The lowest BCUT2D eigenvalue weighted by Crippen LogP contribution is -2.40. The Morgan fingerprint density at radius 2 is 2.00 bits per heavy atom. The minimum absolute atomic E-state index is 0. The number of carbonyl (C=O) groups is 2. The number of hydrogen-bond acceptors (Lipinski definition) is 4. The zero-order valence-corrected chi connectivity index (χ0v) is 18.5. The lowest BCUT2D eigenvalue weighted by atomic mass is 9.97. The Kier molecular flexibility index (Phi) is 11.6. The summed E-state index contributed by atoms with van der Waals surface area (Å²) >= 11 is 0. The maximum atomic E-state index is 12.1. The number of hydrogen-bond donors (Lipinski definition) is 3. The predicted molar refractivity (Wildman–Crippen MR) is 120 cm³/mol. The van der Waals surface area contributed by atoms with E-state index in [9.17, 15) is 9.59 Å². The van der Waals surface area contributed by atoms with Crippen molar-refractivity contribution in [3.05, 3.63) is 35.4 Å². The number of piperidine rings is 1. The lowest BCUT2D eigenvalue weighted by Gasteiger charge is -2.31. The number of nitrogens with two attached hydrogens (primary N) is 1. The fraction of sp³-hybridized carbons (Fsp3) is 0.619. The Morgan fingerprint density at radius 3 is 2.72 bits per heavy atom. The van der Waals surface area contributed by atoms with Crippen LogP contribution in [0.3, 0.4) is 0 Å². The molecule has 0 spiro atoms. The number of benzene rings is 1. The summed E-state index contributed by atoms with van der Waals surface area (Å²) < 4.78 is 0. The van der Waals surface area contributed by atoms with Crippen LogP contribution in [-0.2, 0) is 22.7 Å². The molecule has 2 aliphatic heterocycles. The van der Waals surface area contributed by atoms with Crippen LogP contribution in [0.15, 0.2) is 24.3 Å². The molecule has 4 N–H and O–H groups in total. The molecular formula is C21H34Cl2N4O2. The van der Waals surface area contributed by atoms with Gasteiger partial charge in [0.05, 0.1) is 5.92 Å². The molecule has 2 unspecified atom stereocenters. The normalized spacial score (nSPS) is 21.7. The van der Waals surface area contributed by atoms with Gasteiger partial charge in [-0.25, -0.2) is 0 Å². The van der Waals surface area contributed by atoms with E-state index in [1.165, 1.54) is 12.0 Å². The van der Waals surface area contributed by atoms with Gasteiger partial charge in [0.25, 0.3) is 0 Å². The smallest absolute Gasteiger partial charge is 0.221 e.